The standard InChI is InChI=1S/C21H31ClF2N6/c1-5-16(8-11-29(3)4)30-14(2)17(12-26-30)19-18(22)13-25-20(28-19)27-15-6-9-21(23,24)10-7-15/h12-13,15-16H,5-11H2,1-4H3,(H,25,27,28). The summed E-state index contributed by atoms with van der Waals surface area (Å²) in [6, 6.07) is 0.237. The van der Waals surface area contributed by atoms with Crippen LogP contribution in [-0.2, 0) is 0 Å². The van der Waals surface area contributed by atoms with E-state index in [4.69, 9.17) is 11.6 Å². The predicted molar refractivity (Wildman–Crippen MR) is 116 cm³/mol. The molecule has 1 aliphatic rings. The number of alkyl halides is 2. The second kappa shape index (κ2) is 9.56. The monoisotopic (exact) mass is 440 g/mol. The van der Waals surface area contributed by atoms with Gasteiger partial charge in [-0.3, -0.25) is 4.68 Å². The van der Waals surface area contributed by atoms with Crippen molar-refractivity contribution in [1.29, 1.82) is 0 Å². The Morgan fingerprint density at radius 2 is 2.00 bits per heavy atom. The largest absolute Gasteiger partial charge is 0.351 e. The van der Waals surface area contributed by atoms with Crippen molar-refractivity contribution in [3.63, 3.8) is 0 Å². The highest BCUT2D eigenvalue weighted by Gasteiger charge is 2.35. The summed E-state index contributed by atoms with van der Waals surface area (Å²) in [6.45, 7) is 5.17. The number of anilines is 1. The summed E-state index contributed by atoms with van der Waals surface area (Å²) in [7, 11) is 4.13. The van der Waals surface area contributed by atoms with Crippen molar-refractivity contribution < 1.29 is 8.78 Å². The minimum atomic E-state index is -2.56. The van der Waals surface area contributed by atoms with Gasteiger partial charge < -0.3 is 10.2 Å². The number of hydrogen-bond acceptors (Lipinski definition) is 5. The molecule has 0 aromatic carbocycles. The van der Waals surface area contributed by atoms with Crippen LogP contribution in [0.5, 0.6) is 0 Å². The molecule has 2 aromatic heterocycles. The van der Waals surface area contributed by atoms with E-state index in [0.29, 0.717) is 35.5 Å². The topological polar surface area (TPSA) is 58.9 Å². The number of hydrogen-bond donors (Lipinski definition) is 1. The third kappa shape index (κ3) is 5.46. The average molecular weight is 441 g/mol. The van der Waals surface area contributed by atoms with E-state index in [1.807, 2.05) is 11.6 Å². The Morgan fingerprint density at radius 1 is 1.30 bits per heavy atom. The van der Waals surface area contributed by atoms with E-state index in [2.05, 4.69) is 46.3 Å². The first-order valence-corrected chi connectivity index (χ1v) is 10.9. The van der Waals surface area contributed by atoms with Crippen LogP contribution in [0.4, 0.5) is 14.7 Å². The van der Waals surface area contributed by atoms with Crippen molar-refractivity contribution in [3.8, 4) is 11.3 Å². The molecule has 30 heavy (non-hydrogen) atoms. The molecule has 3 rings (SSSR count). The minimum absolute atomic E-state index is 0.0574. The minimum Gasteiger partial charge on any atom is -0.351 e. The Balaban J connectivity index is 1.79. The molecular formula is C21H31ClF2N6. The first-order chi connectivity index (χ1) is 14.2. The number of aromatic nitrogens is 4. The number of nitrogens with zero attached hydrogens (tertiary/aromatic N) is 5. The zero-order valence-electron chi connectivity index (χ0n) is 18.1. The van der Waals surface area contributed by atoms with Gasteiger partial charge in [0, 0.05) is 30.1 Å². The van der Waals surface area contributed by atoms with Gasteiger partial charge in [0.25, 0.3) is 0 Å². The Morgan fingerprint density at radius 3 is 2.63 bits per heavy atom. The maximum absolute atomic E-state index is 13.4. The van der Waals surface area contributed by atoms with Crippen molar-refractivity contribution in [2.24, 2.45) is 0 Å². The lowest BCUT2D eigenvalue weighted by molar-refractivity contribution is -0.0361. The Labute approximate surface area is 182 Å². The van der Waals surface area contributed by atoms with Crippen molar-refractivity contribution in [1.82, 2.24) is 24.6 Å². The number of nitrogens with one attached hydrogen (secondary N) is 1. The summed E-state index contributed by atoms with van der Waals surface area (Å²) in [5.74, 6) is -2.14. The SMILES string of the molecule is CCC(CCN(C)C)n1ncc(-c2nc(NC3CCC(F)(F)CC3)ncc2Cl)c1C. The molecule has 1 atom stereocenters. The van der Waals surface area contributed by atoms with E-state index in [9.17, 15) is 8.78 Å². The molecule has 0 amide bonds. The van der Waals surface area contributed by atoms with Crippen LogP contribution in [0.3, 0.4) is 0 Å². The quantitative estimate of drug-likeness (QED) is 0.611. The maximum Gasteiger partial charge on any atom is 0.248 e. The third-order valence-electron chi connectivity index (χ3n) is 5.82. The summed E-state index contributed by atoms with van der Waals surface area (Å²) in [4.78, 5) is 11.0. The van der Waals surface area contributed by atoms with Gasteiger partial charge in [-0.25, -0.2) is 18.7 Å². The van der Waals surface area contributed by atoms with E-state index < -0.39 is 5.92 Å². The second-order valence-electron chi connectivity index (χ2n) is 8.41. The highest BCUT2D eigenvalue weighted by Crippen LogP contribution is 2.35. The second-order valence-corrected chi connectivity index (χ2v) is 8.81. The number of halogens is 3. The van der Waals surface area contributed by atoms with Crippen LogP contribution in [0.15, 0.2) is 12.4 Å². The molecule has 2 heterocycles. The van der Waals surface area contributed by atoms with E-state index in [-0.39, 0.29) is 18.9 Å². The van der Waals surface area contributed by atoms with Gasteiger partial charge in [-0.15, -0.1) is 0 Å². The van der Waals surface area contributed by atoms with Crippen LogP contribution < -0.4 is 5.32 Å². The van der Waals surface area contributed by atoms with Crippen LogP contribution >= 0.6 is 11.6 Å². The molecule has 9 heteroatoms. The maximum atomic E-state index is 13.4. The fourth-order valence-electron chi connectivity index (χ4n) is 3.92. The summed E-state index contributed by atoms with van der Waals surface area (Å²) >= 11 is 6.41. The Kier molecular flexibility index (Phi) is 7.29. The van der Waals surface area contributed by atoms with Gasteiger partial charge in [0.1, 0.15) is 0 Å². The van der Waals surface area contributed by atoms with Crippen LogP contribution in [0.2, 0.25) is 5.02 Å². The molecule has 1 N–H and O–H groups in total. The highest BCUT2D eigenvalue weighted by molar-refractivity contribution is 6.32. The first kappa shape index (κ1) is 22.9. The van der Waals surface area contributed by atoms with Crippen molar-refractivity contribution in [2.45, 2.75) is 70.4 Å². The number of rotatable bonds is 8. The van der Waals surface area contributed by atoms with E-state index >= 15 is 0 Å². The van der Waals surface area contributed by atoms with Crippen LogP contribution in [0.1, 0.15) is 57.2 Å². The van der Waals surface area contributed by atoms with Gasteiger partial charge in [0.15, 0.2) is 0 Å². The summed E-state index contributed by atoms with van der Waals surface area (Å²) < 4.78 is 28.9. The van der Waals surface area contributed by atoms with Gasteiger partial charge >= 0.3 is 0 Å². The van der Waals surface area contributed by atoms with Gasteiger partial charge in [-0.1, -0.05) is 18.5 Å². The molecule has 1 aliphatic carbocycles. The molecule has 2 aromatic rings. The van der Waals surface area contributed by atoms with Gasteiger partial charge in [0.05, 0.1) is 29.2 Å². The zero-order valence-corrected chi connectivity index (χ0v) is 18.9. The molecule has 1 saturated carbocycles. The molecule has 0 radical (unpaired) electrons. The Bertz CT molecular complexity index is 844. The predicted octanol–water partition coefficient (Wildman–Crippen LogP) is 5.19. The zero-order chi connectivity index (χ0) is 21.9. The van der Waals surface area contributed by atoms with Gasteiger partial charge in [-0.2, -0.15) is 5.10 Å². The fourth-order valence-corrected chi connectivity index (χ4v) is 4.12. The molecule has 1 unspecified atom stereocenters. The molecular weight excluding hydrogens is 410 g/mol. The molecule has 0 spiro atoms. The van der Waals surface area contributed by atoms with Crippen molar-refractivity contribution >= 4 is 17.5 Å². The fraction of sp³-hybridized carbons (Fsp3) is 0.667. The smallest absolute Gasteiger partial charge is 0.248 e. The lowest BCUT2D eigenvalue weighted by atomic mass is 9.92. The van der Waals surface area contributed by atoms with E-state index in [1.165, 1.54) is 0 Å². The van der Waals surface area contributed by atoms with Gasteiger partial charge in [0.2, 0.25) is 11.9 Å². The van der Waals surface area contributed by atoms with Crippen molar-refractivity contribution in [2.75, 3.05) is 26.0 Å². The van der Waals surface area contributed by atoms with E-state index in [1.54, 1.807) is 12.4 Å². The normalized spacial score (nSPS) is 18.0. The molecule has 0 saturated heterocycles. The lowest BCUT2D eigenvalue weighted by Gasteiger charge is -2.28. The molecule has 166 valence electrons. The molecule has 1 fully saturated rings. The van der Waals surface area contributed by atoms with Crippen LogP contribution in [0, 0.1) is 6.92 Å². The summed E-state index contributed by atoms with van der Waals surface area (Å²) in [5, 5.41) is 8.27. The van der Waals surface area contributed by atoms with E-state index in [0.717, 1.165) is 30.6 Å². The van der Waals surface area contributed by atoms with Crippen molar-refractivity contribution in [3.05, 3.63) is 23.1 Å². The lowest BCUT2D eigenvalue weighted by Crippen LogP contribution is -2.32. The highest BCUT2D eigenvalue weighted by atomic mass is 35.5. The van der Waals surface area contributed by atoms with Gasteiger partial charge in [-0.05, 0) is 53.2 Å². The third-order valence-corrected chi connectivity index (χ3v) is 6.10. The molecule has 6 nitrogen and oxygen atoms in total. The average Bonchev–Trinajstić information content (AvgIpc) is 3.06. The molecule has 0 aliphatic heterocycles. The first-order valence-electron chi connectivity index (χ1n) is 10.6. The molecule has 0 bridgehead atoms. The van der Waals surface area contributed by atoms with Crippen LogP contribution in [0.25, 0.3) is 11.3 Å². The Hall–Kier alpha value is -1.80. The summed E-state index contributed by atoms with van der Waals surface area (Å²) in [5.41, 5.74) is 2.48. The summed E-state index contributed by atoms with van der Waals surface area (Å²) in [6.07, 6.45) is 5.92. The van der Waals surface area contributed by atoms with Crippen LogP contribution in [-0.4, -0.2) is 57.3 Å².